The van der Waals surface area contributed by atoms with Gasteiger partial charge >= 0.3 is 0 Å². The second-order valence-electron chi connectivity index (χ2n) is 4.93. The predicted octanol–water partition coefficient (Wildman–Crippen LogP) is 1.75. The van der Waals surface area contributed by atoms with Crippen molar-refractivity contribution in [3.63, 3.8) is 0 Å². The molecule has 2 aliphatic heterocycles. The Labute approximate surface area is 109 Å². The number of hydrogen-bond donors (Lipinski definition) is 0. The number of rotatable bonds is 1. The Hall–Kier alpha value is -1.33. The highest BCUT2D eigenvalue weighted by atomic mass is 35.5. The van der Waals surface area contributed by atoms with E-state index in [4.69, 9.17) is 16.3 Å². The van der Waals surface area contributed by atoms with Crippen LogP contribution in [0.25, 0.3) is 5.65 Å². The van der Waals surface area contributed by atoms with Crippen molar-refractivity contribution >= 4 is 22.9 Å². The monoisotopic (exact) mass is 264 g/mol. The van der Waals surface area contributed by atoms with Gasteiger partial charge in [0.15, 0.2) is 5.65 Å². The summed E-state index contributed by atoms with van der Waals surface area (Å²) in [6.07, 6.45) is 5.12. The van der Waals surface area contributed by atoms with E-state index in [-0.39, 0.29) is 5.28 Å². The molecule has 0 N–H and O–H groups in total. The van der Waals surface area contributed by atoms with E-state index in [9.17, 15) is 0 Å². The molecule has 2 aromatic heterocycles. The molecule has 0 radical (unpaired) electrons. The maximum atomic E-state index is 5.84. The summed E-state index contributed by atoms with van der Waals surface area (Å²) >= 11 is 5.80. The SMILES string of the molecule is Clc1nc2ccc(N3CC4CCC(C3)O4)cn2n1. The van der Waals surface area contributed by atoms with Gasteiger partial charge in [0, 0.05) is 13.1 Å². The molecule has 2 atom stereocenters. The van der Waals surface area contributed by atoms with Gasteiger partial charge in [0.2, 0.25) is 5.28 Å². The zero-order chi connectivity index (χ0) is 12.1. The third kappa shape index (κ3) is 1.66. The van der Waals surface area contributed by atoms with E-state index in [2.05, 4.69) is 21.0 Å². The number of halogens is 1. The molecule has 94 valence electrons. The van der Waals surface area contributed by atoms with Crippen LogP contribution in [0, 0.1) is 0 Å². The maximum absolute atomic E-state index is 5.84. The summed E-state index contributed by atoms with van der Waals surface area (Å²) in [7, 11) is 0. The van der Waals surface area contributed by atoms with E-state index >= 15 is 0 Å². The molecule has 2 fully saturated rings. The van der Waals surface area contributed by atoms with Crippen LogP contribution in [0.1, 0.15) is 12.8 Å². The Balaban J connectivity index is 1.69. The number of nitrogens with zero attached hydrogens (tertiary/aromatic N) is 4. The fraction of sp³-hybridized carbons (Fsp3) is 0.500. The summed E-state index contributed by atoms with van der Waals surface area (Å²) in [5, 5.41) is 4.42. The number of aromatic nitrogens is 3. The standard InChI is InChI=1S/C12H13ClN4O/c13-12-14-11-4-1-8(5-17(11)15-12)16-6-9-2-3-10(7-16)18-9/h1,4-5,9-10H,2-3,6-7H2. The highest BCUT2D eigenvalue weighted by Gasteiger charge is 2.33. The summed E-state index contributed by atoms with van der Waals surface area (Å²) in [4.78, 5) is 6.48. The van der Waals surface area contributed by atoms with Crippen molar-refractivity contribution in [1.29, 1.82) is 0 Å². The van der Waals surface area contributed by atoms with Gasteiger partial charge in [-0.05, 0) is 36.6 Å². The average molecular weight is 265 g/mol. The van der Waals surface area contributed by atoms with Crippen LogP contribution >= 0.6 is 11.6 Å². The smallest absolute Gasteiger partial charge is 0.243 e. The predicted molar refractivity (Wildman–Crippen MR) is 68.1 cm³/mol. The Morgan fingerprint density at radius 3 is 2.78 bits per heavy atom. The van der Waals surface area contributed by atoms with Gasteiger partial charge in [-0.2, -0.15) is 4.98 Å². The highest BCUT2D eigenvalue weighted by Crippen LogP contribution is 2.29. The Morgan fingerprint density at radius 2 is 2.00 bits per heavy atom. The third-order valence-electron chi connectivity index (χ3n) is 3.70. The van der Waals surface area contributed by atoms with E-state index < -0.39 is 0 Å². The second-order valence-corrected chi connectivity index (χ2v) is 5.27. The van der Waals surface area contributed by atoms with Gasteiger partial charge in [-0.3, -0.25) is 0 Å². The lowest BCUT2D eigenvalue weighted by Crippen LogP contribution is -2.42. The van der Waals surface area contributed by atoms with E-state index in [1.54, 1.807) is 4.52 Å². The molecule has 6 heteroatoms. The number of ether oxygens (including phenoxy) is 1. The van der Waals surface area contributed by atoms with Crippen LogP contribution in [0.4, 0.5) is 5.69 Å². The fourth-order valence-electron chi connectivity index (χ4n) is 2.86. The summed E-state index contributed by atoms with van der Waals surface area (Å²) in [5.74, 6) is 0. The van der Waals surface area contributed by atoms with Crippen molar-refractivity contribution < 1.29 is 4.74 Å². The van der Waals surface area contributed by atoms with Gasteiger partial charge in [-0.1, -0.05) is 0 Å². The molecule has 0 aromatic carbocycles. The molecule has 0 saturated carbocycles. The molecule has 0 amide bonds. The Kier molecular flexibility index (Phi) is 2.25. The van der Waals surface area contributed by atoms with Crippen molar-refractivity contribution in [3.05, 3.63) is 23.6 Å². The Morgan fingerprint density at radius 1 is 1.22 bits per heavy atom. The molecule has 4 rings (SSSR count). The van der Waals surface area contributed by atoms with Crippen LogP contribution in [0.3, 0.4) is 0 Å². The van der Waals surface area contributed by atoms with Crippen molar-refractivity contribution in [2.45, 2.75) is 25.0 Å². The molecule has 0 spiro atoms. The number of anilines is 1. The quantitative estimate of drug-likeness (QED) is 0.787. The zero-order valence-electron chi connectivity index (χ0n) is 9.79. The molecule has 5 nitrogen and oxygen atoms in total. The largest absolute Gasteiger partial charge is 0.371 e. The van der Waals surface area contributed by atoms with Crippen LogP contribution in [0.2, 0.25) is 5.28 Å². The molecule has 4 heterocycles. The summed E-state index contributed by atoms with van der Waals surface area (Å²) in [6, 6.07) is 4.02. The van der Waals surface area contributed by atoms with E-state index in [0.717, 1.165) is 24.4 Å². The van der Waals surface area contributed by atoms with Gasteiger partial charge in [0.25, 0.3) is 0 Å². The number of morpholine rings is 1. The molecule has 2 unspecified atom stereocenters. The molecular weight excluding hydrogens is 252 g/mol. The van der Waals surface area contributed by atoms with Gasteiger partial charge in [0.05, 0.1) is 24.1 Å². The fourth-order valence-corrected chi connectivity index (χ4v) is 3.03. The molecule has 18 heavy (non-hydrogen) atoms. The molecule has 2 bridgehead atoms. The molecule has 0 aliphatic carbocycles. The minimum Gasteiger partial charge on any atom is -0.371 e. The Bertz CT molecular complexity index is 587. The number of pyridine rings is 1. The van der Waals surface area contributed by atoms with Crippen molar-refractivity contribution in [2.75, 3.05) is 18.0 Å². The number of fused-ring (bicyclic) bond motifs is 3. The minimum atomic E-state index is 0.286. The van der Waals surface area contributed by atoms with Gasteiger partial charge in [0.1, 0.15) is 0 Å². The van der Waals surface area contributed by atoms with Crippen LogP contribution in [0.15, 0.2) is 18.3 Å². The average Bonchev–Trinajstić information content (AvgIpc) is 2.89. The van der Waals surface area contributed by atoms with Crippen LogP contribution < -0.4 is 4.90 Å². The molecular formula is C12H13ClN4O. The maximum Gasteiger partial charge on any atom is 0.243 e. The normalized spacial score (nSPS) is 27.1. The van der Waals surface area contributed by atoms with Gasteiger partial charge < -0.3 is 9.64 Å². The molecule has 2 aromatic rings. The summed E-state index contributed by atoms with van der Waals surface area (Å²) in [6.45, 7) is 1.93. The van der Waals surface area contributed by atoms with Gasteiger partial charge in [-0.15, -0.1) is 5.10 Å². The van der Waals surface area contributed by atoms with Crippen LogP contribution in [-0.2, 0) is 4.74 Å². The lowest BCUT2D eigenvalue weighted by Gasteiger charge is -2.33. The number of hydrogen-bond acceptors (Lipinski definition) is 4. The summed E-state index contributed by atoms with van der Waals surface area (Å²) in [5.41, 5.74) is 1.93. The molecule has 2 saturated heterocycles. The zero-order valence-corrected chi connectivity index (χ0v) is 10.5. The highest BCUT2D eigenvalue weighted by molar-refractivity contribution is 6.28. The van der Waals surface area contributed by atoms with Crippen molar-refractivity contribution in [1.82, 2.24) is 14.6 Å². The van der Waals surface area contributed by atoms with E-state index in [1.165, 1.54) is 12.8 Å². The van der Waals surface area contributed by atoms with Crippen molar-refractivity contribution in [3.8, 4) is 0 Å². The van der Waals surface area contributed by atoms with E-state index in [0.29, 0.717) is 12.2 Å². The lowest BCUT2D eigenvalue weighted by atomic mass is 10.2. The van der Waals surface area contributed by atoms with Crippen LogP contribution in [-0.4, -0.2) is 39.9 Å². The first kappa shape index (κ1) is 10.6. The van der Waals surface area contributed by atoms with Crippen molar-refractivity contribution in [2.24, 2.45) is 0 Å². The van der Waals surface area contributed by atoms with Crippen LogP contribution in [0.5, 0.6) is 0 Å². The lowest BCUT2D eigenvalue weighted by molar-refractivity contribution is 0.0304. The third-order valence-corrected chi connectivity index (χ3v) is 3.86. The van der Waals surface area contributed by atoms with E-state index in [1.807, 2.05) is 12.3 Å². The first-order valence-electron chi connectivity index (χ1n) is 6.20. The summed E-state index contributed by atoms with van der Waals surface area (Å²) < 4.78 is 7.57. The second kappa shape index (κ2) is 3.83. The first-order chi connectivity index (χ1) is 8.78. The topological polar surface area (TPSA) is 42.7 Å². The van der Waals surface area contributed by atoms with Gasteiger partial charge in [-0.25, -0.2) is 4.52 Å². The first-order valence-corrected chi connectivity index (χ1v) is 6.58. The minimum absolute atomic E-state index is 0.286. The molecule has 2 aliphatic rings.